The molecule has 5 N–H and O–H groups in total. The van der Waals surface area contributed by atoms with Gasteiger partial charge in [0.25, 0.3) is 5.91 Å². The maximum Gasteiger partial charge on any atom is 0.253 e. The lowest BCUT2D eigenvalue weighted by molar-refractivity contribution is -0.126. The molecular weight excluding hydrogens is 586 g/mol. The van der Waals surface area contributed by atoms with E-state index in [1.807, 2.05) is 19.9 Å². The Hall–Kier alpha value is -3.86. The number of carbonyl (C=O) groups is 3. The van der Waals surface area contributed by atoms with Crippen LogP contribution in [0.1, 0.15) is 68.8 Å². The van der Waals surface area contributed by atoms with E-state index in [0.717, 1.165) is 0 Å². The molecule has 12 nitrogen and oxygen atoms in total. The van der Waals surface area contributed by atoms with Gasteiger partial charge in [0.2, 0.25) is 11.8 Å². The number of carbonyl (C=O) groups excluding carboxylic acids is 3. The summed E-state index contributed by atoms with van der Waals surface area (Å²) in [4.78, 5) is 42.5. The molecule has 13 heteroatoms. The second-order valence-electron chi connectivity index (χ2n) is 10.8. The van der Waals surface area contributed by atoms with Gasteiger partial charge in [0, 0.05) is 19.3 Å². The number of nitriles is 1. The first-order valence-electron chi connectivity index (χ1n) is 14.7. The van der Waals surface area contributed by atoms with E-state index in [0.29, 0.717) is 31.2 Å². The Bertz CT molecular complexity index is 1350. The zero-order chi connectivity index (χ0) is 32.7. The van der Waals surface area contributed by atoms with E-state index >= 15 is 0 Å². The number of rotatable bonds is 18. The van der Waals surface area contributed by atoms with Gasteiger partial charge < -0.3 is 26.2 Å². The first-order chi connectivity index (χ1) is 20.9. The molecule has 0 aliphatic rings. The van der Waals surface area contributed by atoms with Crippen molar-refractivity contribution in [3.05, 3.63) is 66.0 Å². The van der Waals surface area contributed by atoms with Gasteiger partial charge in [0.1, 0.15) is 18.2 Å². The zero-order valence-electron chi connectivity index (χ0n) is 25.3. The second-order valence-corrected chi connectivity index (χ2v) is 13.1. The van der Waals surface area contributed by atoms with Crippen LogP contribution in [-0.4, -0.2) is 82.7 Å². The van der Waals surface area contributed by atoms with Crippen LogP contribution in [0.15, 0.2) is 54.9 Å². The van der Waals surface area contributed by atoms with Crippen molar-refractivity contribution in [3.63, 3.8) is 0 Å². The van der Waals surface area contributed by atoms with Crippen molar-refractivity contribution in [1.82, 2.24) is 20.9 Å². The van der Waals surface area contributed by atoms with Gasteiger partial charge in [0.05, 0.1) is 41.1 Å². The molecule has 44 heavy (non-hydrogen) atoms. The summed E-state index contributed by atoms with van der Waals surface area (Å²) in [5.41, 5.74) is 0.794. The van der Waals surface area contributed by atoms with Gasteiger partial charge >= 0.3 is 0 Å². The monoisotopic (exact) mass is 629 g/mol. The lowest BCUT2D eigenvalue weighted by Gasteiger charge is -2.33. The number of pyridine rings is 1. The van der Waals surface area contributed by atoms with Crippen LogP contribution in [0.4, 0.5) is 0 Å². The molecule has 240 valence electrons. The standard InChI is InChI=1S/C31H43N5O7S/c1-4-10-24(11-5-2)44(42,43)20-27(36-30(40)23-14-9-17-33-19-23)31(41)35-26(18-22-12-7-6-8-13-22)29(39)28(38)25(15-16-32)34-21(3)37/h6-9,12-14,17,19,24-29,38-39H,4-5,10-11,15,18,20H2,1-3H3,(H,34,37)(H,35,41)(H,36,40). The van der Waals surface area contributed by atoms with Crippen molar-refractivity contribution in [2.45, 2.75) is 94.9 Å². The van der Waals surface area contributed by atoms with Crippen LogP contribution < -0.4 is 16.0 Å². The fourth-order valence-electron chi connectivity index (χ4n) is 4.94. The minimum Gasteiger partial charge on any atom is -0.388 e. The average Bonchev–Trinajstić information content (AvgIpc) is 3.00. The smallest absolute Gasteiger partial charge is 0.253 e. The Morgan fingerprint density at radius 3 is 2.11 bits per heavy atom. The van der Waals surface area contributed by atoms with Crippen LogP contribution in [0, 0.1) is 11.3 Å². The lowest BCUT2D eigenvalue weighted by Crippen LogP contribution is -2.60. The van der Waals surface area contributed by atoms with Crippen LogP contribution in [-0.2, 0) is 25.8 Å². The average molecular weight is 630 g/mol. The minimum absolute atomic E-state index is 0.00840. The van der Waals surface area contributed by atoms with E-state index in [9.17, 15) is 38.3 Å². The third kappa shape index (κ3) is 11.3. The summed E-state index contributed by atoms with van der Waals surface area (Å²) in [6.45, 7) is 4.94. The van der Waals surface area contributed by atoms with Crippen molar-refractivity contribution in [2.24, 2.45) is 0 Å². The Labute approximate surface area is 259 Å². The summed E-state index contributed by atoms with van der Waals surface area (Å²) in [6, 6.07) is 9.73. The van der Waals surface area contributed by atoms with E-state index < -0.39 is 68.9 Å². The van der Waals surface area contributed by atoms with E-state index in [-0.39, 0.29) is 18.4 Å². The van der Waals surface area contributed by atoms with Crippen LogP contribution >= 0.6 is 0 Å². The first kappa shape index (κ1) is 36.3. The largest absolute Gasteiger partial charge is 0.388 e. The Morgan fingerprint density at radius 1 is 0.932 bits per heavy atom. The van der Waals surface area contributed by atoms with E-state index in [4.69, 9.17) is 0 Å². The first-order valence-corrected chi connectivity index (χ1v) is 16.4. The van der Waals surface area contributed by atoms with Crippen molar-refractivity contribution in [2.75, 3.05) is 5.75 Å². The topological polar surface area (TPSA) is 199 Å². The van der Waals surface area contributed by atoms with Gasteiger partial charge in [-0.3, -0.25) is 19.4 Å². The quantitative estimate of drug-likeness (QED) is 0.162. The molecule has 0 aliphatic carbocycles. The molecule has 0 bridgehead atoms. The lowest BCUT2D eigenvalue weighted by atomic mass is 9.92. The number of sulfone groups is 1. The maximum atomic E-state index is 13.8. The van der Waals surface area contributed by atoms with E-state index in [1.165, 1.54) is 31.5 Å². The number of hydrogen-bond donors (Lipinski definition) is 5. The molecule has 0 spiro atoms. The van der Waals surface area contributed by atoms with Gasteiger partial charge in [-0.1, -0.05) is 57.0 Å². The molecular formula is C31H43N5O7S. The molecule has 1 aromatic heterocycles. The van der Waals surface area contributed by atoms with Crippen LogP contribution in [0.3, 0.4) is 0 Å². The molecule has 1 aromatic carbocycles. The fourth-order valence-corrected chi connectivity index (χ4v) is 7.10. The zero-order valence-corrected chi connectivity index (χ0v) is 26.2. The van der Waals surface area contributed by atoms with Crippen molar-refractivity contribution in [3.8, 4) is 6.07 Å². The Balaban J connectivity index is 2.46. The van der Waals surface area contributed by atoms with Crippen LogP contribution in [0.5, 0.6) is 0 Å². The predicted octanol–water partition coefficient (Wildman–Crippen LogP) is 1.43. The molecule has 5 atom stereocenters. The summed E-state index contributed by atoms with van der Waals surface area (Å²) in [5, 5.41) is 38.4. The van der Waals surface area contributed by atoms with Gasteiger partial charge in [0.15, 0.2) is 9.84 Å². The van der Waals surface area contributed by atoms with Gasteiger partial charge in [-0.15, -0.1) is 0 Å². The van der Waals surface area contributed by atoms with Gasteiger partial charge in [-0.25, -0.2) is 8.42 Å². The van der Waals surface area contributed by atoms with Crippen molar-refractivity contribution in [1.29, 1.82) is 5.26 Å². The van der Waals surface area contributed by atoms with Gasteiger partial charge in [-0.05, 0) is 37.0 Å². The van der Waals surface area contributed by atoms with Gasteiger partial charge in [-0.2, -0.15) is 5.26 Å². The number of hydrogen-bond acceptors (Lipinski definition) is 9. The van der Waals surface area contributed by atoms with E-state index in [2.05, 4.69) is 20.9 Å². The SMILES string of the molecule is CCCC(CCC)S(=O)(=O)CC(NC(=O)c1cccnc1)C(=O)NC(Cc1ccccc1)C(O)C(O)C(CC#N)NC(C)=O. The van der Waals surface area contributed by atoms with Crippen LogP contribution in [0.25, 0.3) is 0 Å². The number of aliphatic hydroxyl groups excluding tert-OH is 2. The molecule has 0 saturated carbocycles. The summed E-state index contributed by atoms with van der Waals surface area (Å²) in [5.74, 6) is -2.82. The molecule has 0 fully saturated rings. The molecule has 0 saturated heterocycles. The van der Waals surface area contributed by atoms with Crippen molar-refractivity contribution < 1.29 is 33.0 Å². The fraction of sp³-hybridized carbons (Fsp3) is 0.516. The number of aromatic nitrogens is 1. The molecule has 1 heterocycles. The molecule has 2 rings (SSSR count). The van der Waals surface area contributed by atoms with Crippen LogP contribution in [0.2, 0.25) is 0 Å². The van der Waals surface area contributed by atoms with E-state index in [1.54, 1.807) is 30.3 Å². The number of benzene rings is 1. The summed E-state index contributed by atoms with van der Waals surface area (Å²) in [7, 11) is -3.87. The minimum atomic E-state index is -3.87. The highest BCUT2D eigenvalue weighted by molar-refractivity contribution is 7.92. The highest BCUT2D eigenvalue weighted by Gasteiger charge is 2.37. The normalized spacial score (nSPS) is 14.8. The summed E-state index contributed by atoms with van der Waals surface area (Å²) in [6.07, 6.45) is 1.10. The molecule has 2 aromatic rings. The highest BCUT2D eigenvalue weighted by atomic mass is 32.2. The summed E-state index contributed by atoms with van der Waals surface area (Å²) >= 11 is 0. The second kappa shape index (κ2) is 18.1. The molecule has 5 unspecified atom stereocenters. The highest BCUT2D eigenvalue weighted by Crippen LogP contribution is 2.18. The molecule has 0 radical (unpaired) electrons. The predicted molar refractivity (Wildman–Crippen MR) is 165 cm³/mol. The molecule has 3 amide bonds. The number of nitrogens with zero attached hydrogens (tertiary/aromatic N) is 2. The number of nitrogens with one attached hydrogen (secondary N) is 3. The Kier molecular flexibility index (Phi) is 14.9. The summed E-state index contributed by atoms with van der Waals surface area (Å²) < 4.78 is 27.0. The maximum absolute atomic E-state index is 13.8. The third-order valence-electron chi connectivity index (χ3n) is 7.17. The Morgan fingerprint density at radius 2 is 1.57 bits per heavy atom. The molecule has 0 aliphatic heterocycles. The number of aliphatic hydroxyl groups is 2. The van der Waals surface area contributed by atoms with Crippen molar-refractivity contribution >= 4 is 27.6 Å². The number of amides is 3. The third-order valence-corrected chi connectivity index (χ3v) is 9.46.